The van der Waals surface area contributed by atoms with Crippen molar-refractivity contribution in [3.05, 3.63) is 52.0 Å². The molecule has 0 amide bonds. The minimum absolute atomic E-state index is 0.141. The van der Waals surface area contributed by atoms with Gasteiger partial charge in [-0.25, -0.2) is 4.39 Å². The van der Waals surface area contributed by atoms with Crippen molar-refractivity contribution in [2.24, 2.45) is 11.8 Å². The number of aromatic hydroxyl groups is 1. The molecular weight excluding hydrogens is 353 g/mol. The van der Waals surface area contributed by atoms with Crippen LogP contribution in [0.15, 0.2) is 35.7 Å². The Morgan fingerprint density at radius 1 is 1.27 bits per heavy atom. The van der Waals surface area contributed by atoms with E-state index in [-0.39, 0.29) is 17.9 Å². The van der Waals surface area contributed by atoms with Gasteiger partial charge in [0.05, 0.1) is 12.1 Å². The fourth-order valence-corrected chi connectivity index (χ4v) is 5.38. The maximum absolute atomic E-state index is 13.4. The van der Waals surface area contributed by atoms with Gasteiger partial charge in [-0.3, -0.25) is 9.69 Å². The largest absolute Gasteiger partial charge is 0.505 e. The van der Waals surface area contributed by atoms with E-state index in [9.17, 15) is 19.4 Å². The highest BCUT2D eigenvalue weighted by Gasteiger charge is 2.48. The van der Waals surface area contributed by atoms with Crippen LogP contribution in [0.2, 0.25) is 0 Å². The summed E-state index contributed by atoms with van der Waals surface area (Å²) in [6.45, 7) is 1.84. The number of halogens is 1. The first-order valence-electron chi connectivity index (χ1n) is 8.91. The molecule has 1 aliphatic carbocycles. The third kappa shape index (κ3) is 3.54. The van der Waals surface area contributed by atoms with E-state index in [4.69, 9.17) is 0 Å². The van der Waals surface area contributed by atoms with Gasteiger partial charge in [-0.1, -0.05) is 6.07 Å². The topological polar surface area (TPSA) is 60.8 Å². The molecule has 2 heterocycles. The number of phenolic OH excluding ortho intramolecular Hbond substituents is 1. The van der Waals surface area contributed by atoms with Crippen LogP contribution in [-0.4, -0.2) is 46.1 Å². The van der Waals surface area contributed by atoms with Gasteiger partial charge >= 0.3 is 0 Å². The summed E-state index contributed by atoms with van der Waals surface area (Å²) in [7, 11) is 0. The summed E-state index contributed by atoms with van der Waals surface area (Å²) in [5.41, 5.74) is -0.345. The number of benzene rings is 1. The van der Waals surface area contributed by atoms with Gasteiger partial charge in [-0.05, 0) is 54.3 Å². The SMILES string of the molecule is O=C(CN1CC2CC(O)(Cc3cccs3)CC2C1)c1ccc(O)c(F)c1. The summed E-state index contributed by atoms with van der Waals surface area (Å²) < 4.78 is 13.4. The second-order valence-electron chi connectivity index (χ2n) is 7.69. The molecule has 138 valence electrons. The number of likely N-dealkylation sites (tertiary alicyclic amines) is 1. The van der Waals surface area contributed by atoms with Gasteiger partial charge in [0.25, 0.3) is 0 Å². The predicted molar refractivity (Wildman–Crippen MR) is 98.0 cm³/mol. The van der Waals surface area contributed by atoms with E-state index in [1.807, 2.05) is 11.4 Å². The van der Waals surface area contributed by atoms with Gasteiger partial charge in [0, 0.05) is 30.0 Å². The average Bonchev–Trinajstić information content (AvgIpc) is 3.26. The Hall–Kier alpha value is -1.76. The molecule has 6 heteroatoms. The first kappa shape index (κ1) is 17.6. The fourth-order valence-electron chi connectivity index (χ4n) is 4.54. The molecule has 4 nitrogen and oxygen atoms in total. The molecule has 4 rings (SSSR count). The van der Waals surface area contributed by atoms with E-state index in [1.54, 1.807) is 11.3 Å². The number of hydrogen-bond acceptors (Lipinski definition) is 5. The minimum Gasteiger partial charge on any atom is -0.505 e. The number of carbonyl (C=O) groups excluding carboxylic acids is 1. The summed E-state index contributed by atoms with van der Waals surface area (Å²) >= 11 is 1.68. The van der Waals surface area contributed by atoms with E-state index in [0.717, 1.165) is 32.0 Å². The van der Waals surface area contributed by atoms with E-state index in [2.05, 4.69) is 11.0 Å². The van der Waals surface area contributed by atoms with E-state index in [1.165, 1.54) is 17.0 Å². The molecule has 1 saturated carbocycles. The molecule has 2 N–H and O–H groups in total. The van der Waals surface area contributed by atoms with Gasteiger partial charge in [0.2, 0.25) is 0 Å². The molecule has 1 aliphatic heterocycles. The molecule has 0 radical (unpaired) electrons. The van der Waals surface area contributed by atoms with Crippen LogP contribution in [0.1, 0.15) is 28.1 Å². The lowest BCUT2D eigenvalue weighted by molar-refractivity contribution is 0.0363. The molecular formula is C20H22FNO3S. The van der Waals surface area contributed by atoms with Crippen molar-refractivity contribution in [2.45, 2.75) is 24.9 Å². The lowest BCUT2D eigenvalue weighted by Crippen LogP contribution is -2.33. The number of carbonyl (C=O) groups is 1. The number of rotatable bonds is 5. The number of Topliss-reactive ketones (excluding diaryl/α,β-unsaturated/α-hetero) is 1. The molecule has 0 bridgehead atoms. The number of phenols is 1. The van der Waals surface area contributed by atoms with Gasteiger partial charge < -0.3 is 10.2 Å². The van der Waals surface area contributed by atoms with Gasteiger partial charge in [0.15, 0.2) is 17.3 Å². The maximum atomic E-state index is 13.4. The van der Waals surface area contributed by atoms with Crippen LogP contribution in [0, 0.1) is 17.7 Å². The number of ketones is 1. The summed E-state index contributed by atoms with van der Waals surface area (Å²) in [5.74, 6) is -0.540. The second kappa shape index (κ2) is 6.76. The average molecular weight is 375 g/mol. The molecule has 2 fully saturated rings. The smallest absolute Gasteiger partial charge is 0.176 e. The van der Waals surface area contributed by atoms with Crippen molar-refractivity contribution in [2.75, 3.05) is 19.6 Å². The van der Waals surface area contributed by atoms with Crippen molar-refractivity contribution in [1.82, 2.24) is 4.90 Å². The molecule has 0 spiro atoms. The van der Waals surface area contributed by atoms with Crippen molar-refractivity contribution in [1.29, 1.82) is 0 Å². The highest BCUT2D eigenvalue weighted by molar-refractivity contribution is 7.09. The summed E-state index contributed by atoms with van der Waals surface area (Å²) in [6, 6.07) is 7.84. The Morgan fingerprint density at radius 3 is 2.62 bits per heavy atom. The predicted octanol–water partition coefficient (Wildman–Crippen LogP) is 3.09. The van der Waals surface area contributed by atoms with Crippen LogP contribution in [0.4, 0.5) is 4.39 Å². The Balaban J connectivity index is 1.34. The molecule has 2 atom stereocenters. The monoisotopic (exact) mass is 375 g/mol. The zero-order chi connectivity index (χ0) is 18.3. The van der Waals surface area contributed by atoms with Crippen LogP contribution in [0.25, 0.3) is 0 Å². The summed E-state index contributed by atoms with van der Waals surface area (Å²) in [4.78, 5) is 15.7. The van der Waals surface area contributed by atoms with Crippen molar-refractivity contribution < 1.29 is 19.4 Å². The molecule has 2 aliphatic rings. The minimum atomic E-state index is -0.771. The summed E-state index contributed by atoms with van der Waals surface area (Å²) in [6.07, 6.45) is 2.26. The third-order valence-corrected chi connectivity index (χ3v) is 6.53. The molecule has 2 unspecified atom stereocenters. The maximum Gasteiger partial charge on any atom is 0.176 e. The standard InChI is InChI=1S/C20H22FNO3S/c21-17-6-13(3-4-18(17)23)19(24)12-22-10-14-7-20(25,8-15(14)11-22)9-16-2-1-5-26-16/h1-6,14-15,23,25H,7-12H2. The van der Waals surface area contributed by atoms with Gasteiger partial charge in [-0.15, -0.1) is 11.3 Å². The quantitative estimate of drug-likeness (QED) is 0.789. The first-order valence-corrected chi connectivity index (χ1v) is 9.79. The van der Waals surface area contributed by atoms with Crippen LogP contribution >= 0.6 is 11.3 Å². The molecule has 1 aromatic carbocycles. The van der Waals surface area contributed by atoms with E-state index in [0.29, 0.717) is 18.3 Å². The highest BCUT2D eigenvalue weighted by atomic mass is 32.1. The normalized spacial score (nSPS) is 28.4. The Bertz CT molecular complexity index is 793. The zero-order valence-corrected chi connectivity index (χ0v) is 15.2. The van der Waals surface area contributed by atoms with E-state index < -0.39 is 17.2 Å². The van der Waals surface area contributed by atoms with Crippen LogP contribution < -0.4 is 0 Å². The number of thiophene rings is 1. The van der Waals surface area contributed by atoms with Crippen molar-refractivity contribution in [3.63, 3.8) is 0 Å². The molecule has 1 aromatic heterocycles. The number of fused-ring (bicyclic) bond motifs is 1. The lowest BCUT2D eigenvalue weighted by atomic mass is 9.95. The first-order chi connectivity index (χ1) is 12.4. The van der Waals surface area contributed by atoms with Crippen LogP contribution in [0.3, 0.4) is 0 Å². The highest BCUT2D eigenvalue weighted by Crippen LogP contribution is 2.45. The number of aliphatic hydroxyl groups is 1. The lowest BCUT2D eigenvalue weighted by Gasteiger charge is -2.25. The van der Waals surface area contributed by atoms with E-state index >= 15 is 0 Å². The fraction of sp³-hybridized carbons (Fsp3) is 0.450. The summed E-state index contributed by atoms with van der Waals surface area (Å²) in [5, 5.41) is 22.2. The van der Waals surface area contributed by atoms with Crippen LogP contribution in [0.5, 0.6) is 5.75 Å². The number of hydrogen-bond donors (Lipinski definition) is 2. The van der Waals surface area contributed by atoms with Crippen molar-refractivity contribution in [3.8, 4) is 5.75 Å². The molecule has 1 saturated heterocycles. The second-order valence-corrected chi connectivity index (χ2v) is 8.72. The number of nitrogens with zero attached hydrogens (tertiary/aromatic N) is 1. The zero-order valence-electron chi connectivity index (χ0n) is 14.4. The Kier molecular flexibility index (Phi) is 4.59. The molecule has 26 heavy (non-hydrogen) atoms. The van der Waals surface area contributed by atoms with Gasteiger partial charge in [-0.2, -0.15) is 0 Å². The third-order valence-electron chi connectivity index (χ3n) is 5.66. The molecule has 2 aromatic rings. The van der Waals surface area contributed by atoms with Gasteiger partial charge in [0.1, 0.15) is 0 Å². The van der Waals surface area contributed by atoms with Crippen LogP contribution in [-0.2, 0) is 6.42 Å². The Morgan fingerprint density at radius 2 is 2.00 bits per heavy atom. The van der Waals surface area contributed by atoms with Crippen molar-refractivity contribution >= 4 is 17.1 Å². The Labute approximate surface area is 155 Å².